The SMILES string of the molecule is CCNc1nc(Nc2cc(C#N)cc(N3CCC(NC(=O)OC)C(OC(=O)C(C)O)C3)c2Cl)nn2c(C#N)cnc12. The fraction of sp³-hybridized carbons (Fsp3) is 0.400. The molecule has 4 N–H and O–H groups in total. The number of piperidine rings is 1. The van der Waals surface area contributed by atoms with E-state index in [0.29, 0.717) is 42.4 Å². The minimum absolute atomic E-state index is 0.0920. The third-order valence-electron chi connectivity index (χ3n) is 6.25. The Morgan fingerprint density at radius 1 is 1.32 bits per heavy atom. The normalized spacial score (nSPS) is 17.2. The molecule has 3 atom stereocenters. The maximum absolute atomic E-state index is 12.2. The van der Waals surface area contributed by atoms with Crippen LogP contribution in [-0.2, 0) is 14.3 Å². The number of benzene rings is 1. The maximum atomic E-state index is 12.2. The summed E-state index contributed by atoms with van der Waals surface area (Å²) < 4.78 is 11.5. The molecule has 1 aliphatic heterocycles. The van der Waals surface area contributed by atoms with Gasteiger partial charge >= 0.3 is 12.1 Å². The molecule has 1 amide bonds. The van der Waals surface area contributed by atoms with Gasteiger partial charge in [-0.25, -0.2) is 14.6 Å². The molecule has 1 fully saturated rings. The molecule has 15 nitrogen and oxygen atoms in total. The average molecular weight is 583 g/mol. The van der Waals surface area contributed by atoms with E-state index in [1.165, 1.54) is 30.8 Å². The molecule has 0 spiro atoms. The highest BCUT2D eigenvalue weighted by Crippen LogP contribution is 2.37. The quantitative estimate of drug-likeness (QED) is 0.281. The molecule has 1 aromatic carbocycles. The van der Waals surface area contributed by atoms with Crippen molar-refractivity contribution >= 4 is 52.5 Å². The summed E-state index contributed by atoms with van der Waals surface area (Å²) in [5.74, 6) is -0.370. The molecule has 3 heterocycles. The van der Waals surface area contributed by atoms with Gasteiger partial charge in [0.1, 0.15) is 18.3 Å². The number of carbonyl (C=O) groups is 2. The number of nitriles is 2. The Kier molecular flexibility index (Phi) is 8.91. The van der Waals surface area contributed by atoms with Gasteiger partial charge in [-0.05, 0) is 32.4 Å². The van der Waals surface area contributed by atoms with Crippen molar-refractivity contribution in [2.24, 2.45) is 0 Å². The number of amides is 1. The van der Waals surface area contributed by atoms with E-state index >= 15 is 0 Å². The third kappa shape index (κ3) is 6.32. The zero-order valence-electron chi connectivity index (χ0n) is 22.4. The number of alkyl carbamates (subject to hydrolysis) is 1. The van der Waals surface area contributed by atoms with Crippen LogP contribution in [-0.4, -0.2) is 81.7 Å². The summed E-state index contributed by atoms with van der Waals surface area (Å²) in [6, 6.07) is 6.66. The second-order valence-corrected chi connectivity index (χ2v) is 9.41. The zero-order valence-corrected chi connectivity index (χ0v) is 23.1. The van der Waals surface area contributed by atoms with Gasteiger partial charge in [0, 0.05) is 13.1 Å². The van der Waals surface area contributed by atoms with Crippen molar-refractivity contribution in [3.63, 3.8) is 0 Å². The van der Waals surface area contributed by atoms with Gasteiger partial charge in [0.2, 0.25) is 5.95 Å². The molecule has 41 heavy (non-hydrogen) atoms. The lowest BCUT2D eigenvalue weighted by Crippen LogP contribution is -2.56. The Balaban J connectivity index is 1.69. The number of aliphatic hydroxyl groups excluding tert-OH is 1. The molecule has 16 heteroatoms. The van der Waals surface area contributed by atoms with E-state index in [1.807, 2.05) is 17.9 Å². The van der Waals surface area contributed by atoms with Gasteiger partial charge in [-0.2, -0.15) is 20.0 Å². The summed E-state index contributed by atoms with van der Waals surface area (Å²) >= 11 is 6.83. The van der Waals surface area contributed by atoms with Crippen molar-refractivity contribution in [2.75, 3.05) is 42.3 Å². The molecule has 0 saturated carbocycles. The first kappa shape index (κ1) is 29.1. The van der Waals surface area contributed by atoms with Crippen LogP contribution < -0.4 is 20.9 Å². The van der Waals surface area contributed by atoms with Crippen molar-refractivity contribution < 1.29 is 24.2 Å². The standard InChI is InChI=1S/C25H27ClN10O5/c1-4-29-21-22-30-11-15(10-28)36(22)34-24(33-21)31-17-7-14(9-27)8-18(20(17)26)35-6-5-16(32-25(39)40-3)19(12-35)41-23(38)13(2)37/h7-8,11,13,16,19,37H,4-6,12H2,1-3H3,(H,32,39)(H2,29,31,33,34). The molecule has 1 saturated heterocycles. The van der Waals surface area contributed by atoms with Crippen molar-refractivity contribution in [1.82, 2.24) is 24.9 Å². The number of hydrogen-bond acceptors (Lipinski definition) is 13. The Bertz CT molecular complexity index is 1550. The molecular weight excluding hydrogens is 556 g/mol. The van der Waals surface area contributed by atoms with Crippen LogP contribution >= 0.6 is 11.6 Å². The average Bonchev–Trinajstić information content (AvgIpc) is 3.38. The van der Waals surface area contributed by atoms with E-state index in [4.69, 9.17) is 16.3 Å². The molecule has 1 aliphatic rings. The topological polar surface area (TPSA) is 203 Å². The summed E-state index contributed by atoms with van der Waals surface area (Å²) in [5, 5.41) is 42.3. The first-order chi connectivity index (χ1) is 19.7. The molecule has 2 aromatic heterocycles. The lowest BCUT2D eigenvalue weighted by molar-refractivity contribution is -0.159. The third-order valence-corrected chi connectivity index (χ3v) is 6.64. The highest BCUT2D eigenvalue weighted by atomic mass is 35.5. The van der Waals surface area contributed by atoms with Crippen LogP contribution in [0.3, 0.4) is 0 Å². The number of aromatic nitrogens is 4. The predicted octanol–water partition coefficient (Wildman–Crippen LogP) is 1.92. The number of fused-ring (bicyclic) bond motifs is 1. The van der Waals surface area contributed by atoms with Crippen LogP contribution in [0.5, 0.6) is 0 Å². The van der Waals surface area contributed by atoms with Gasteiger partial charge in [-0.15, -0.1) is 5.10 Å². The highest BCUT2D eigenvalue weighted by Gasteiger charge is 2.35. The number of esters is 1. The Morgan fingerprint density at radius 3 is 2.76 bits per heavy atom. The minimum atomic E-state index is -1.37. The second-order valence-electron chi connectivity index (χ2n) is 9.03. The minimum Gasteiger partial charge on any atom is -0.456 e. The number of nitrogens with zero attached hydrogens (tertiary/aromatic N) is 7. The fourth-order valence-electron chi connectivity index (χ4n) is 4.29. The van der Waals surface area contributed by atoms with E-state index in [-0.39, 0.29) is 28.8 Å². The summed E-state index contributed by atoms with van der Waals surface area (Å²) in [6.07, 6.45) is -1.19. The number of imidazole rings is 1. The largest absolute Gasteiger partial charge is 0.456 e. The number of anilines is 4. The van der Waals surface area contributed by atoms with Gasteiger partial charge in [-0.1, -0.05) is 11.6 Å². The van der Waals surface area contributed by atoms with E-state index < -0.39 is 30.3 Å². The lowest BCUT2D eigenvalue weighted by atomic mass is 10.0. The van der Waals surface area contributed by atoms with Crippen LogP contribution in [0.1, 0.15) is 31.5 Å². The fourth-order valence-corrected chi connectivity index (χ4v) is 4.57. The number of carbonyl (C=O) groups excluding carboxylic acids is 2. The number of rotatable bonds is 8. The molecular formula is C25H27ClN10O5. The van der Waals surface area contributed by atoms with E-state index in [0.717, 1.165) is 0 Å². The van der Waals surface area contributed by atoms with Gasteiger partial charge in [0.05, 0.1) is 53.9 Å². The summed E-state index contributed by atoms with van der Waals surface area (Å²) in [5.41, 5.74) is 1.60. The molecule has 3 unspecified atom stereocenters. The Labute approximate surface area is 239 Å². The predicted molar refractivity (Wildman–Crippen MR) is 147 cm³/mol. The van der Waals surface area contributed by atoms with Crippen LogP contribution in [0.15, 0.2) is 18.3 Å². The van der Waals surface area contributed by atoms with Crippen molar-refractivity contribution in [3.05, 3.63) is 34.6 Å². The number of aliphatic hydroxyl groups is 1. The first-order valence-corrected chi connectivity index (χ1v) is 12.9. The first-order valence-electron chi connectivity index (χ1n) is 12.6. The monoisotopic (exact) mass is 582 g/mol. The number of methoxy groups -OCH3 is 1. The highest BCUT2D eigenvalue weighted by molar-refractivity contribution is 6.36. The smallest absolute Gasteiger partial charge is 0.407 e. The molecule has 0 aliphatic carbocycles. The number of halogens is 1. The Hall–Kier alpha value is -4.86. The molecule has 0 radical (unpaired) electrons. The van der Waals surface area contributed by atoms with Crippen molar-refractivity contribution in [1.29, 1.82) is 10.5 Å². The molecule has 3 aromatic rings. The van der Waals surface area contributed by atoms with E-state index in [2.05, 4.69) is 41.8 Å². The summed E-state index contributed by atoms with van der Waals surface area (Å²) in [4.78, 5) is 34.6. The lowest BCUT2D eigenvalue weighted by Gasteiger charge is -2.39. The Morgan fingerprint density at radius 2 is 2.10 bits per heavy atom. The molecule has 214 valence electrons. The zero-order chi connectivity index (χ0) is 29.7. The van der Waals surface area contributed by atoms with Gasteiger partial charge in [0.15, 0.2) is 17.2 Å². The number of ether oxygens (including phenoxy) is 2. The van der Waals surface area contributed by atoms with Gasteiger partial charge in [0.25, 0.3) is 0 Å². The molecule has 0 bridgehead atoms. The van der Waals surface area contributed by atoms with Crippen molar-refractivity contribution in [3.8, 4) is 12.1 Å². The second kappa shape index (κ2) is 12.5. The van der Waals surface area contributed by atoms with Gasteiger partial charge in [-0.3, -0.25) is 0 Å². The number of nitrogens with one attached hydrogen (secondary N) is 3. The van der Waals surface area contributed by atoms with Crippen LogP contribution in [0, 0.1) is 22.7 Å². The maximum Gasteiger partial charge on any atom is 0.407 e. The van der Waals surface area contributed by atoms with Crippen LogP contribution in [0.25, 0.3) is 5.65 Å². The van der Waals surface area contributed by atoms with Gasteiger partial charge < -0.3 is 35.4 Å². The summed E-state index contributed by atoms with van der Waals surface area (Å²) in [7, 11) is 1.22. The van der Waals surface area contributed by atoms with Crippen LogP contribution in [0.2, 0.25) is 5.02 Å². The number of hydrogen-bond donors (Lipinski definition) is 4. The van der Waals surface area contributed by atoms with E-state index in [1.54, 1.807) is 6.07 Å². The molecule has 4 rings (SSSR count). The summed E-state index contributed by atoms with van der Waals surface area (Å²) in [6.45, 7) is 4.17. The van der Waals surface area contributed by atoms with Crippen molar-refractivity contribution in [2.45, 2.75) is 38.5 Å². The van der Waals surface area contributed by atoms with E-state index in [9.17, 15) is 25.2 Å². The van der Waals surface area contributed by atoms with Crippen LogP contribution in [0.4, 0.5) is 27.9 Å².